The minimum atomic E-state index is -0.0195. The second-order valence-electron chi connectivity index (χ2n) is 5.74. The number of carbonyl (C=O) groups excluding carboxylic acids is 1. The molecule has 1 aromatic rings. The summed E-state index contributed by atoms with van der Waals surface area (Å²) in [4.78, 5) is 18.5. The predicted octanol–water partition coefficient (Wildman–Crippen LogP) is 2.14. The highest BCUT2D eigenvalue weighted by molar-refractivity contribution is 7.07. The summed E-state index contributed by atoms with van der Waals surface area (Å²) in [5.74, 6) is 0.877. The second kappa shape index (κ2) is 6.01. The van der Waals surface area contributed by atoms with Crippen molar-refractivity contribution in [2.75, 3.05) is 19.6 Å². The second-order valence-corrected chi connectivity index (χ2v) is 6.46. The minimum absolute atomic E-state index is 0.0195. The summed E-state index contributed by atoms with van der Waals surface area (Å²) in [5, 5.41) is 4.91. The first-order chi connectivity index (χ1) is 9.31. The van der Waals surface area contributed by atoms with Crippen molar-refractivity contribution in [3.05, 3.63) is 16.6 Å². The van der Waals surface area contributed by atoms with Crippen molar-refractivity contribution in [2.45, 2.75) is 38.1 Å². The first kappa shape index (κ1) is 13.1. The third-order valence-electron chi connectivity index (χ3n) is 4.26. The highest BCUT2D eigenvalue weighted by Gasteiger charge is 2.27. The fourth-order valence-corrected chi connectivity index (χ4v) is 3.79. The Hall–Kier alpha value is -0.940. The molecule has 1 amide bonds. The molecule has 2 fully saturated rings. The van der Waals surface area contributed by atoms with E-state index in [0.717, 1.165) is 25.4 Å². The number of aromatic nitrogens is 1. The molecule has 3 rings (SSSR count). The van der Waals surface area contributed by atoms with E-state index in [4.69, 9.17) is 0 Å². The topological polar surface area (TPSA) is 45.2 Å². The lowest BCUT2D eigenvalue weighted by molar-refractivity contribution is 0.0933. The van der Waals surface area contributed by atoms with Crippen molar-refractivity contribution in [1.29, 1.82) is 0 Å². The number of rotatable bonds is 4. The van der Waals surface area contributed by atoms with Gasteiger partial charge in [0.15, 0.2) is 0 Å². The van der Waals surface area contributed by atoms with Crippen LogP contribution < -0.4 is 5.32 Å². The van der Waals surface area contributed by atoms with Gasteiger partial charge in [0.1, 0.15) is 5.69 Å². The molecule has 1 aromatic heterocycles. The van der Waals surface area contributed by atoms with Gasteiger partial charge in [0.2, 0.25) is 0 Å². The molecule has 19 heavy (non-hydrogen) atoms. The molecule has 0 bridgehead atoms. The van der Waals surface area contributed by atoms with E-state index >= 15 is 0 Å². The van der Waals surface area contributed by atoms with Crippen molar-refractivity contribution in [2.24, 2.45) is 5.92 Å². The summed E-state index contributed by atoms with van der Waals surface area (Å²) in [6.45, 7) is 3.36. The highest BCUT2D eigenvalue weighted by atomic mass is 32.1. The third-order valence-corrected chi connectivity index (χ3v) is 4.85. The molecule has 2 aliphatic rings. The van der Waals surface area contributed by atoms with Crippen molar-refractivity contribution in [3.63, 3.8) is 0 Å². The number of amides is 1. The Morgan fingerprint density at radius 3 is 3.00 bits per heavy atom. The van der Waals surface area contributed by atoms with Crippen LogP contribution in [0.15, 0.2) is 10.9 Å². The average Bonchev–Trinajstić information content (AvgIpc) is 3.10. The Morgan fingerprint density at radius 1 is 1.42 bits per heavy atom. The van der Waals surface area contributed by atoms with E-state index in [1.165, 1.54) is 43.6 Å². The molecule has 1 saturated carbocycles. The first-order valence-corrected chi connectivity index (χ1v) is 8.17. The SMILES string of the molecule is O=C(N[C@@H]1CCN(CC2CCCC2)C1)c1cscn1. The highest BCUT2D eigenvalue weighted by Crippen LogP contribution is 2.26. The fourth-order valence-electron chi connectivity index (χ4n) is 3.26. The van der Waals surface area contributed by atoms with Crippen LogP contribution in [0.4, 0.5) is 0 Å². The van der Waals surface area contributed by atoms with Gasteiger partial charge in [-0.05, 0) is 25.2 Å². The summed E-state index contributed by atoms with van der Waals surface area (Å²) in [6, 6.07) is 0.301. The molecule has 0 aromatic carbocycles. The molecule has 1 atom stereocenters. The third kappa shape index (κ3) is 3.34. The molecule has 1 N–H and O–H groups in total. The maximum absolute atomic E-state index is 11.9. The van der Waals surface area contributed by atoms with Gasteiger partial charge in [-0.25, -0.2) is 4.98 Å². The summed E-state index contributed by atoms with van der Waals surface area (Å²) in [6.07, 6.45) is 6.67. The molecule has 104 valence electrons. The van der Waals surface area contributed by atoms with Crippen molar-refractivity contribution < 1.29 is 4.79 Å². The van der Waals surface area contributed by atoms with Crippen LogP contribution in [0.25, 0.3) is 0 Å². The van der Waals surface area contributed by atoms with Crippen LogP contribution in [0.2, 0.25) is 0 Å². The number of thiazole rings is 1. The quantitative estimate of drug-likeness (QED) is 0.918. The lowest BCUT2D eigenvalue weighted by Gasteiger charge is -2.20. The average molecular weight is 279 g/mol. The summed E-state index contributed by atoms with van der Waals surface area (Å²) < 4.78 is 0. The molecular weight excluding hydrogens is 258 g/mol. The van der Waals surface area contributed by atoms with Crippen molar-refractivity contribution in [1.82, 2.24) is 15.2 Å². The van der Waals surface area contributed by atoms with Gasteiger partial charge < -0.3 is 10.2 Å². The van der Waals surface area contributed by atoms with Crippen LogP contribution in [0.1, 0.15) is 42.6 Å². The van der Waals surface area contributed by atoms with Gasteiger partial charge in [0.05, 0.1) is 5.51 Å². The van der Waals surface area contributed by atoms with Crippen molar-refractivity contribution >= 4 is 17.2 Å². The van der Waals surface area contributed by atoms with E-state index in [2.05, 4.69) is 15.2 Å². The van der Waals surface area contributed by atoms with Gasteiger partial charge in [-0.1, -0.05) is 12.8 Å². The fraction of sp³-hybridized carbons (Fsp3) is 0.714. The zero-order valence-corrected chi connectivity index (χ0v) is 12.0. The van der Waals surface area contributed by atoms with Crippen LogP contribution in [0, 0.1) is 5.92 Å². The predicted molar refractivity (Wildman–Crippen MR) is 76.4 cm³/mol. The standard InChI is InChI=1S/C14H21N3OS/c18-14(13-9-19-10-15-13)16-12-5-6-17(8-12)7-11-3-1-2-4-11/h9-12H,1-8H2,(H,16,18)/t12-/m1/s1. The normalized spacial score (nSPS) is 24.9. The number of carbonyl (C=O) groups is 1. The molecule has 1 aliphatic carbocycles. The van der Waals surface area contributed by atoms with E-state index in [1.807, 2.05) is 0 Å². The van der Waals surface area contributed by atoms with Crippen LogP contribution in [0.5, 0.6) is 0 Å². The number of nitrogens with one attached hydrogen (secondary N) is 1. The van der Waals surface area contributed by atoms with E-state index < -0.39 is 0 Å². The number of hydrogen-bond acceptors (Lipinski definition) is 4. The van der Waals surface area contributed by atoms with Crippen LogP contribution in [-0.4, -0.2) is 41.5 Å². The Labute approximate surface area is 118 Å². The van der Waals surface area contributed by atoms with Gasteiger partial charge in [-0.15, -0.1) is 11.3 Å². The Kier molecular flexibility index (Phi) is 4.13. The molecule has 1 saturated heterocycles. The smallest absolute Gasteiger partial charge is 0.271 e. The van der Waals surface area contributed by atoms with Crippen LogP contribution >= 0.6 is 11.3 Å². The number of nitrogens with zero attached hydrogens (tertiary/aromatic N) is 2. The molecule has 5 heteroatoms. The molecule has 0 spiro atoms. The monoisotopic (exact) mass is 279 g/mol. The molecule has 0 unspecified atom stereocenters. The maximum atomic E-state index is 11.9. The summed E-state index contributed by atoms with van der Waals surface area (Å²) in [5.41, 5.74) is 2.26. The summed E-state index contributed by atoms with van der Waals surface area (Å²) >= 11 is 1.47. The van der Waals surface area contributed by atoms with Gasteiger partial charge in [-0.2, -0.15) is 0 Å². The zero-order valence-electron chi connectivity index (χ0n) is 11.2. The van der Waals surface area contributed by atoms with Crippen molar-refractivity contribution in [3.8, 4) is 0 Å². The summed E-state index contributed by atoms with van der Waals surface area (Å²) in [7, 11) is 0. The van der Waals surface area contributed by atoms with Crippen LogP contribution in [-0.2, 0) is 0 Å². The minimum Gasteiger partial charge on any atom is -0.347 e. The Balaban J connectivity index is 1.45. The molecular formula is C14H21N3OS. The maximum Gasteiger partial charge on any atom is 0.271 e. The van der Waals surface area contributed by atoms with E-state index in [0.29, 0.717) is 11.7 Å². The van der Waals surface area contributed by atoms with E-state index in [1.54, 1.807) is 10.9 Å². The lowest BCUT2D eigenvalue weighted by atomic mass is 10.1. The van der Waals surface area contributed by atoms with Gasteiger partial charge in [-0.3, -0.25) is 4.79 Å². The molecule has 1 aliphatic heterocycles. The van der Waals surface area contributed by atoms with E-state index in [9.17, 15) is 4.79 Å². The zero-order chi connectivity index (χ0) is 13.1. The molecule has 2 heterocycles. The van der Waals surface area contributed by atoms with Crippen LogP contribution in [0.3, 0.4) is 0 Å². The van der Waals surface area contributed by atoms with Gasteiger partial charge >= 0.3 is 0 Å². The molecule has 4 nitrogen and oxygen atoms in total. The first-order valence-electron chi connectivity index (χ1n) is 7.22. The van der Waals surface area contributed by atoms with Gasteiger partial charge in [0, 0.05) is 31.1 Å². The Bertz CT molecular complexity index is 414. The number of likely N-dealkylation sites (tertiary alicyclic amines) is 1. The Morgan fingerprint density at radius 2 is 2.26 bits per heavy atom. The molecule has 0 radical (unpaired) electrons. The number of hydrogen-bond donors (Lipinski definition) is 1. The lowest BCUT2D eigenvalue weighted by Crippen LogP contribution is -2.38. The van der Waals surface area contributed by atoms with E-state index in [-0.39, 0.29) is 5.91 Å². The largest absolute Gasteiger partial charge is 0.347 e. The van der Waals surface area contributed by atoms with Gasteiger partial charge in [0.25, 0.3) is 5.91 Å².